The number of hydrogen-bond acceptors (Lipinski definition) is 4. The number of piperidine rings is 1. The molecule has 23 heavy (non-hydrogen) atoms. The molecule has 0 bridgehead atoms. The van der Waals surface area contributed by atoms with Gasteiger partial charge in [0.15, 0.2) is 5.79 Å². The van der Waals surface area contributed by atoms with Crippen molar-refractivity contribution in [2.75, 3.05) is 44.3 Å². The highest BCUT2D eigenvalue weighted by atomic mass is 16.7. The molecule has 124 valence electrons. The molecule has 1 amide bonds. The molecule has 0 N–H and O–H groups in total. The molecule has 1 aromatic rings. The fourth-order valence-electron chi connectivity index (χ4n) is 3.89. The topological polar surface area (TPSA) is 42.0 Å². The van der Waals surface area contributed by atoms with Crippen LogP contribution in [-0.2, 0) is 20.7 Å². The lowest BCUT2D eigenvalue weighted by atomic mass is 10.0. The summed E-state index contributed by atoms with van der Waals surface area (Å²) < 4.78 is 11.5. The second-order valence-corrected chi connectivity index (χ2v) is 6.62. The summed E-state index contributed by atoms with van der Waals surface area (Å²) in [6.07, 6.45) is 3.38. The number of nitrogens with zero attached hydrogens (tertiary/aromatic N) is 2. The minimum atomic E-state index is -0.325. The van der Waals surface area contributed by atoms with E-state index in [0.717, 1.165) is 51.1 Å². The van der Waals surface area contributed by atoms with Gasteiger partial charge in [-0.25, -0.2) is 0 Å². The lowest BCUT2D eigenvalue weighted by molar-refractivity contribution is -0.185. The average molecular weight is 316 g/mol. The highest BCUT2D eigenvalue weighted by Crippen LogP contribution is 2.31. The molecule has 3 aliphatic rings. The maximum absolute atomic E-state index is 12.6. The van der Waals surface area contributed by atoms with Crippen molar-refractivity contribution >= 4 is 11.6 Å². The third kappa shape index (κ3) is 3.01. The Balaban J connectivity index is 1.28. The van der Waals surface area contributed by atoms with Crippen LogP contribution in [0.15, 0.2) is 24.3 Å². The largest absolute Gasteiger partial charge is 0.347 e. The third-order valence-electron chi connectivity index (χ3n) is 5.26. The van der Waals surface area contributed by atoms with E-state index >= 15 is 0 Å². The molecule has 0 atom stereocenters. The van der Waals surface area contributed by atoms with Crippen molar-refractivity contribution in [1.29, 1.82) is 0 Å². The lowest BCUT2D eigenvalue weighted by Gasteiger charge is -2.37. The molecule has 1 aromatic carbocycles. The maximum atomic E-state index is 12.6. The Bertz CT molecular complexity index is 573. The molecule has 3 heterocycles. The van der Waals surface area contributed by atoms with Crippen molar-refractivity contribution in [3.63, 3.8) is 0 Å². The van der Waals surface area contributed by atoms with Crippen LogP contribution in [-0.4, -0.2) is 56.0 Å². The van der Waals surface area contributed by atoms with E-state index in [1.165, 1.54) is 5.56 Å². The van der Waals surface area contributed by atoms with Crippen molar-refractivity contribution in [2.24, 2.45) is 0 Å². The summed E-state index contributed by atoms with van der Waals surface area (Å²) in [5.74, 6) is -0.0856. The number of amides is 1. The lowest BCUT2D eigenvalue weighted by Crippen LogP contribution is -2.46. The van der Waals surface area contributed by atoms with Crippen molar-refractivity contribution in [1.82, 2.24) is 4.90 Å². The van der Waals surface area contributed by atoms with Crippen LogP contribution in [0.1, 0.15) is 24.8 Å². The first-order valence-electron chi connectivity index (χ1n) is 8.64. The number of carbonyl (C=O) groups excluding carboxylic acids is 1. The average Bonchev–Trinajstić information content (AvgIpc) is 3.21. The van der Waals surface area contributed by atoms with Gasteiger partial charge in [0.25, 0.3) is 0 Å². The second kappa shape index (κ2) is 6.23. The summed E-state index contributed by atoms with van der Waals surface area (Å²) in [5, 5.41) is 0. The van der Waals surface area contributed by atoms with Crippen LogP contribution in [0.3, 0.4) is 0 Å². The summed E-state index contributed by atoms with van der Waals surface area (Å²) in [6.45, 7) is 4.98. The molecule has 2 fully saturated rings. The zero-order chi connectivity index (χ0) is 15.7. The summed E-state index contributed by atoms with van der Waals surface area (Å²) in [4.78, 5) is 16.9. The van der Waals surface area contributed by atoms with Gasteiger partial charge in [-0.2, -0.15) is 0 Å². The molecule has 5 nitrogen and oxygen atoms in total. The minimum Gasteiger partial charge on any atom is -0.347 e. The number of rotatable bonds is 3. The van der Waals surface area contributed by atoms with E-state index in [1.54, 1.807) is 0 Å². The smallest absolute Gasteiger partial charge is 0.228 e. The Labute approximate surface area is 137 Å². The number of ether oxygens (including phenoxy) is 2. The normalized spacial score (nSPS) is 23.4. The first-order chi connectivity index (χ1) is 11.3. The molecule has 0 aromatic heterocycles. The van der Waals surface area contributed by atoms with E-state index in [9.17, 15) is 4.79 Å². The SMILES string of the molecule is O=C(CCN1CCC2(CC1)OCCO2)N1CCc2ccccc21. The second-order valence-electron chi connectivity index (χ2n) is 6.62. The van der Waals surface area contributed by atoms with Crippen LogP contribution >= 0.6 is 0 Å². The predicted molar refractivity (Wildman–Crippen MR) is 87.4 cm³/mol. The van der Waals surface area contributed by atoms with E-state index in [4.69, 9.17) is 9.47 Å². The van der Waals surface area contributed by atoms with Gasteiger partial charge < -0.3 is 19.3 Å². The molecule has 2 saturated heterocycles. The first kappa shape index (κ1) is 15.1. The molecule has 0 saturated carbocycles. The van der Waals surface area contributed by atoms with E-state index in [2.05, 4.69) is 17.0 Å². The number of fused-ring (bicyclic) bond motifs is 1. The Morgan fingerprint density at radius 2 is 1.83 bits per heavy atom. The highest BCUT2D eigenvalue weighted by molar-refractivity contribution is 5.95. The number of hydrogen-bond donors (Lipinski definition) is 0. The number of carbonyl (C=O) groups is 1. The Hall–Kier alpha value is -1.43. The van der Waals surface area contributed by atoms with E-state index in [-0.39, 0.29) is 11.7 Å². The molecule has 3 aliphatic heterocycles. The van der Waals surface area contributed by atoms with Gasteiger partial charge in [0.2, 0.25) is 5.91 Å². The van der Waals surface area contributed by atoms with Crippen LogP contribution < -0.4 is 4.90 Å². The number of likely N-dealkylation sites (tertiary alicyclic amines) is 1. The summed E-state index contributed by atoms with van der Waals surface area (Å²) in [6, 6.07) is 8.23. The van der Waals surface area contributed by atoms with Crippen LogP contribution in [0.5, 0.6) is 0 Å². The highest BCUT2D eigenvalue weighted by Gasteiger charge is 2.39. The van der Waals surface area contributed by atoms with Crippen LogP contribution in [0, 0.1) is 0 Å². The molecule has 0 radical (unpaired) electrons. The summed E-state index contributed by atoms with van der Waals surface area (Å²) in [7, 11) is 0. The molecular formula is C18H24N2O3. The zero-order valence-electron chi connectivity index (χ0n) is 13.5. The molecule has 0 aliphatic carbocycles. The molecular weight excluding hydrogens is 292 g/mol. The van der Waals surface area contributed by atoms with Gasteiger partial charge in [-0.1, -0.05) is 18.2 Å². The zero-order valence-corrected chi connectivity index (χ0v) is 13.5. The van der Waals surface area contributed by atoms with Crippen LogP contribution in [0.4, 0.5) is 5.69 Å². The molecule has 4 rings (SSSR count). The number of benzene rings is 1. The van der Waals surface area contributed by atoms with Gasteiger partial charge in [0.1, 0.15) is 0 Å². The van der Waals surface area contributed by atoms with E-state index in [0.29, 0.717) is 19.6 Å². The Morgan fingerprint density at radius 1 is 1.09 bits per heavy atom. The monoisotopic (exact) mass is 316 g/mol. The molecule has 1 spiro atoms. The van der Waals surface area contributed by atoms with Gasteiger partial charge in [0, 0.05) is 51.1 Å². The van der Waals surface area contributed by atoms with Crippen molar-refractivity contribution in [3.8, 4) is 0 Å². The van der Waals surface area contributed by atoms with Gasteiger partial charge in [0.05, 0.1) is 13.2 Å². The standard InChI is InChI=1S/C18H24N2O3/c21-17(20-10-5-15-3-1-2-4-16(15)20)6-9-19-11-7-18(8-12-19)22-13-14-23-18/h1-4H,5-14H2. The Kier molecular flexibility index (Phi) is 4.09. The Morgan fingerprint density at radius 3 is 2.61 bits per heavy atom. The van der Waals surface area contributed by atoms with Gasteiger partial charge in [-0.3, -0.25) is 4.79 Å². The number of para-hydroxylation sites is 1. The summed E-state index contributed by atoms with van der Waals surface area (Å²) >= 11 is 0. The fourth-order valence-corrected chi connectivity index (χ4v) is 3.89. The van der Waals surface area contributed by atoms with Crippen molar-refractivity contribution in [2.45, 2.75) is 31.5 Å². The predicted octanol–water partition coefficient (Wildman–Crippen LogP) is 1.80. The fraction of sp³-hybridized carbons (Fsp3) is 0.611. The maximum Gasteiger partial charge on any atom is 0.228 e. The minimum absolute atomic E-state index is 0.239. The number of anilines is 1. The van der Waals surface area contributed by atoms with Gasteiger partial charge in [-0.15, -0.1) is 0 Å². The van der Waals surface area contributed by atoms with E-state index < -0.39 is 0 Å². The quantitative estimate of drug-likeness (QED) is 0.853. The van der Waals surface area contributed by atoms with Gasteiger partial charge in [-0.05, 0) is 18.1 Å². The van der Waals surface area contributed by atoms with Crippen molar-refractivity contribution in [3.05, 3.63) is 29.8 Å². The van der Waals surface area contributed by atoms with Crippen LogP contribution in [0.2, 0.25) is 0 Å². The third-order valence-corrected chi connectivity index (χ3v) is 5.26. The van der Waals surface area contributed by atoms with E-state index in [1.807, 2.05) is 17.0 Å². The van der Waals surface area contributed by atoms with Crippen LogP contribution in [0.25, 0.3) is 0 Å². The molecule has 0 unspecified atom stereocenters. The van der Waals surface area contributed by atoms with Crippen molar-refractivity contribution < 1.29 is 14.3 Å². The summed E-state index contributed by atoms with van der Waals surface area (Å²) in [5.41, 5.74) is 2.39. The first-order valence-corrected chi connectivity index (χ1v) is 8.64. The van der Waals surface area contributed by atoms with Gasteiger partial charge >= 0.3 is 0 Å². The molecule has 5 heteroatoms.